The van der Waals surface area contributed by atoms with E-state index in [1.165, 1.54) is 0 Å². The first kappa shape index (κ1) is 11.5. The number of ether oxygens (including phenoxy) is 2. The fraction of sp³-hybridized carbons (Fsp3) is 0.500. The molecule has 88 valence electrons. The molecule has 1 fully saturated rings. The van der Waals surface area contributed by atoms with Crippen LogP contribution in [0.4, 0.5) is 0 Å². The summed E-state index contributed by atoms with van der Waals surface area (Å²) in [5.41, 5.74) is 1.04. The van der Waals surface area contributed by atoms with Crippen molar-refractivity contribution in [2.24, 2.45) is 0 Å². The van der Waals surface area contributed by atoms with E-state index in [1.54, 1.807) is 0 Å². The Morgan fingerprint density at radius 2 is 1.94 bits per heavy atom. The zero-order valence-corrected chi connectivity index (χ0v) is 8.95. The summed E-state index contributed by atoms with van der Waals surface area (Å²) in [6.45, 7) is 0.913. The maximum absolute atomic E-state index is 9.66. The summed E-state index contributed by atoms with van der Waals surface area (Å²) in [5, 5.41) is 19.1. The predicted molar refractivity (Wildman–Crippen MR) is 57.9 cm³/mol. The van der Waals surface area contributed by atoms with Gasteiger partial charge in [0.25, 0.3) is 0 Å². The van der Waals surface area contributed by atoms with E-state index in [0.29, 0.717) is 13.2 Å². The minimum absolute atomic E-state index is 0.173. The largest absolute Gasteiger partial charge is 0.388 e. The summed E-state index contributed by atoms with van der Waals surface area (Å²) in [4.78, 5) is 0. The lowest BCUT2D eigenvalue weighted by Crippen LogP contribution is -2.48. The zero-order chi connectivity index (χ0) is 11.4. The highest BCUT2D eigenvalue weighted by atomic mass is 16.6. The Labute approximate surface area is 94.4 Å². The molecule has 0 saturated carbocycles. The summed E-state index contributed by atoms with van der Waals surface area (Å²) in [6.07, 6.45) is -2.17. The van der Waals surface area contributed by atoms with Crippen LogP contribution in [0.15, 0.2) is 30.3 Å². The van der Waals surface area contributed by atoms with E-state index < -0.39 is 18.3 Å². The van der Waals surface area contributed by atoms with Gasteiger partial charge in [0.15, 0.2) is 0 Å². The molecule has 0 aromatic heterocycles. The van der Waals surface area contributed by atoms with Crippen LogP contribution in [-0.4, -0.2) is 41.7 Å². The van der Waals surface area contributed by atoms with Crippen molar-refractivity contribution in [3.8, 4) is 0 Å². The average molecular weight is 224 g/mol. The molecule has 2 rings (SSSR count). The van der Waals surface area contributed by atoms with Gasteiger partial charge in [0.1, 0.15) is 18.3 Å². The van der Waals surface area contributed by atoms with Crippen molar-refractivity contribution in [2.45, 2.75) is 24.9 Å². The Morgan fingerprint density at radius 1 is 1.19 bits per heavy atom. The van der Waals surface area contributed by atoms with E-state index in [2.05, 4.69) is 0 Å². The summed E-state index contributed by atoms with van der Waals surface area (Å²) in [6, 6.07) is 9.70. The van der Waals surface area contributed by atoms with E-state index in [9.17, 15) is 10.2 Å². The molecule has 1 aliphatic rings. The molecule has 4 nitrogen and oxygen atoms in total. The van der Waals surface area contributed by atoms with Gasteiger partial charge in [-0.3, -0.25) is 0 Å². The first-order valence-electron chi connectivity index (χ1n) is 5.37. The van der Waals surface area contributed by atoms with E-state index in [4.69, 9.17) is 9.47 Å². The Morgan fingerprint density at radius 3 is 2.69 bits per heavy atom. The summed E-state index contributed by atoms with van der Waals surface area (Å²) >= 11 is 0. The van der Waals surface area contributed by atoms with E-state index >= 15 is 0 Å². The van der Waals surface area contributed by atoms with E-state index in [-0.39, 0.29) is 6.61 Å². The minimum Gasteiger partial charge on any atom is -0.388 e. The van der Waals surface area contributed by atoms with Crippen LogP contribution in [0.25, 0.3) is 0 Å². The van der Waals surface area contributed by atoms with Crippen LogP contribution in [-0.2, 0) is 16.1 Å². The van der Waals surface area contributed by atoms with Crippen LogP contribution < -0.4 is 0 Å². The normalized spacial score (nSPS) is 30.2. The molecule has 2 N–H and O–H groups in total. The molecule has 1 heterocycles. The van der Waals surface area contributed by atoms with Crippen molar-refractivity contribution in [1.29, 1.82) is 0 Å². The second-order valence-electron chi connectivity index (χ2n) is 3.93. The number of hydrogen-bond donors (Lipinski definition) is 2. The van der Waals surface area contributed by atoms with Crippen molar-refractivity contribution in [2.75, 3.05) is 13.2 Å². The van der Waals surface area contributed by atoms with Gasteiger partial charge in [0.05, 0.1) is 19.8 Å². The topological polar surface area (TPSA) is 58.9 Å². The number of hydrogen-bond acceptors (Lipinski definition) is 4. The van der Waals surface area contributed by atoms with Crippen molar-refractivity contribution in [3.63, 3.8) is 0 Å². The highest BCUT2D eigenvalue weighted by Gasteiger charge is 2.31. The Kier molecular flexibility index (Phi) is 3.90. The lowest BCUT2D eigenvalue weighted by atomic mass is 10.1. The maximum Gasteiger partial charge on any atom is 0.111 e. The fourth-order valence-corrected chi connectivity index (χ4v) is 1.67. The van der Waals surface area contributed by atoms with Crippen molar-refractivity contribution in [3.05, 3.63) is 35.9 Å². The monoisotopic (exact) mass is 224 g/mol. The average Bonchev–Trinajstić information content (AvgIpc) is 2.32. The molecule has 0 radical (unpaired) electrons. The second kappa shape index (κ2) is 5.41. The molecule has 0 spiro atoms. The van der Waals surface area contributed by atoms with Crippen LogP contribution in [0.5, 0.6) is 0 Å². The third kappa shape index (κ3) is 2.80. The Hall–Kier alpha value is -0.940. The molecular formula is C12H16O4. The number of benzene rings is 1. The smallest absolute Gasteiger partial charge is 0.111 e. The van der Waals surface area contributed by atoms with Gasteiger partial charge < -0.3 is 19.7 Å². The second-order valence-corrected chi connectivity index (χ2v) is 3.93. The summed E-state index contributed by atoms with van der Waals surface area (Å²) in [5.74, 6) is 0. The molecule has 3 atom stereocenters. The summed E-state index contributed by atoms with van der Waals surface area (Å²) in [7, 11) is 0. The van der Waals surface area contributed by atoms with Gasteiger partial charge in [-0.25, -0.2) is 0 Å². The van der Waals surface area contributed by atoms with Gasteiger partial charge in [-0.1, -0.05) is 30.3 Å². The molecular weight excluding hydrogens is 208 g/mol. The highest BCUT2D eigenvalue weighted by molar-refractivity contribution is 5.13. The van der Waals surface area contributed by atoms with Gasteiger partial charge in [0.2, 0.25) is 0 Å². The molecule has 1 saturated heterocycles. The van der Waals surface area contributed by atoms with Gasteiger partial charge in [-0.2, -0.15) is 0 Å². The van der Waals surface area contributed by atoms with E-state index in [1.807, 2.05) is 30.3 Å². The molecule has 4 heteroatoms. The number of aliphatic hydroxyl groups excluding tert-OH is 2. The predicted octanol–water partition coefficient (Wildman–Crippen LogP) is 0.324. The fourth-order valence-electron chi connectivity index (χ4n) is 1.67. The molecule has 0 aliphatic carbocycles. The zero-order valence-electron chi connectivity index (χ0n) is 8.95. The van der Waals surface area contributed by atoms with Gasteiger partial charge >= 0.3 is 0 Å². The van der Waals surface area contributed by atoms with Crippen LogP contribution in [0.2, 0.25) is 0 Å². The maximum atomic E-state index is 9.66. The van der Waals surface area contributed by atoms with Crippen LogP contribution >= 0.6 is 0 Å². The molecule has 1 aromatic rings. The van der Waals surface area contributed by atoms with E-state index in [0.717, 1.165) is 5.56 Å². The van der Waals surface area contributed by atoms with Crippen LogP contribution in [0.3, 0.4) is 0 Å². The van der Waals surface area contributed by atoms with Gasteiger partial charge in [0, 0.05) is 0 Å². The molecule has 1 aromatic carbocycles. The first-order chi connectivity index (χ1) is 7.77. The van der Waals surface area contributed by atoms with Gasteiger partial charge in [-0.15, -0.1) is 0 Å². The minimum atomic E-state index is -0.863. The SMILES string of the molecule is O[C@@H]1[C@@H](OCc2ccccc2)COC[C@@H]1O. The quantitative estimate of drug-likeness (QED) is 0.776. The highest BCUT2D eigenvalue weighted by Crippen LogP contribution is 2.14. The van der Waals surface area contributed by atoms with Crippen molar-refractivity contribution in [1.82, 2.24) is 0 Å². The standard InChI is InChI=1S/C12H16O4/c13-10-7-15-8-11(12(10)14)16-6-9-4-2-1-3-5-9/h1-5,10-14H,6-8H2/t10-,11-,12-/m0/s1. The third-order valence-electron chi connectivity index (χ3n) is 2.65. The van der Waals surface area contributed by atoms with Gasteiger partial charge in [-0.05, 0) is 5.56 Å². The summed E-state index contributed by atoms with van der Waals surface area (Å²) < 4.78 is 10.6. The lowest BCUT2D eigenvalue weighted by Gasteiger charge is -2.31. The Balaban J connectivity index is 1.85. The number of rotatable bonds is 3. The molecule has 0 amide bonds. The van der Waals surface area contributed by atoms with Crippen LogP contribution in [0.1, 0.15) is 5.56 Å². The van der Waals surface area contributed by atoms with Crippen molar-refractivity contribution >= 4 is 0 Å². The Bertz CT molecular complexity index is 314. The molecule has 16 heavy (non-hydrogen) atoms. The molecule has 0 unspecified atom stereocenters. The third-order valence-corrected chi connectivity index (χ3v) is 2.65. The number of aliphatic hydroxyl groups is 2. The van der Waals surface area contributed by atoms with Crippen LogP contribution in [0, 0.1) is 0 Å². The molecule has 0 bridgehead atoms. The lowest BCUT2D eigenvalue weighted by molar-refractivity contribution is -0.173. The first-order valence-corrected chi connectivity index (χ1v) is 5.37. The van der Waals surface area contributed by atoms with Crippen molar-refractivity contribution < 1.29 is 19.7 Å². The molecule has 1 aliphatic heterocycles.